The van der Waals surface area contributed by atoms with Crippen molar-refractivity contribution >= 4 is 33.1 Å². The summed E-state index contributed by atoms with van der Waals surface area (Å²) < 4.78 is 13.7. The topological polar surface area (TPSA) is 96.0 Å². The van der Waals surface area contributed by atoms with Crippen LogP contribution < -0.4 is 9.54 Å². The van der Waals surface area contributed by atoms with Gasteiger partial charge in [-0.15, -0.1) is 0 Å². The summed E-state index contributed by atoms with van der Waals surface area (Å²) in [6, 6.07) is 11.5. The van der Waals surface area contributed by atoms with Crippen molar-refractivity contribution in [2.75, 3.05) is 19.8 Å². The zero-order valence-electron chi connectivity index (χ0n) is 17.6. The monoisotopic (exact) mass is 443 g/mol. The second-order valence-electron chi connectivity index (χ2n) is 6.79. The number of nitro groups is 1. The van der Waals surface area contributed by atoms with Gasteiger partial charge in [0.05, 0.1) is 28.4 Å². The zero-order chi connectivity index (χ0) is 22.2. The van der Waals surface area contributed by atoms with Crippen LogP contribution in [0.15, 0.2) is 47.5 Å². The number of hydrogen-bond acceptors (Lipinski definition) is 6. The smallest absolute Gasteiger partial charge is 0.279 e. The third-order valence-corrected chi connectivity index (χ3v) is 5.66. The molecule has 0 atom stereocenters. The van der Waals surface area contributed by atoms with Crippen molar-refractivity contribution in [3.05, 3.63) is 62.9 Å². The van der Waals surface area contributed by atoms with E-state index in [0.29, 0.717) is 48.0 Å². The molecule has 9 heteroatoms. The molecule has 1 aromatic heterocycles. The number of nitro benzene ring substituents is 1. The molecule has 0 aliphatic rings. The molecule has 8 nitrogen and oxygen atoms in total. The van der Waals surface area contributed by atoms with E-state index < -0.39 is 4.92 Å². The van der Waals surface area contributed by atoms with E-state index in [0.717, 1.165) is 17.5 Å². The van der Waals surface area contributed by atoms with Crippen molar-refractivity contribution in [2.45, 2.75) is 33.2 Å². The van der Waals surface area contributed by atoms with Gasteiger partial charge in [-0.2, -0.15) is 4.99 Å². The van der Waals surface area contributed by atoms with Gasteiger partial charge in [-0.3, -0.25) is 14.9 Å². The van der Waals surface area contributed by atoms with E-state index >= 15 is 0 Å². The average Bonchev–Trinajstić information content (AvgIpc) is 3.10. The number of unbranched alkanes of at least 4 members (excludes halogenated alkanes) is 1. The lowest BCUT2D eigenvalue weighted by atomic mass is 10.2. The Morgan fingerprint density at radius 1 is 1.16 bits per heavy atom. The maximum absolute atomic E-state index is 12.8. The number of carbonyl (C=O) groups is 1. The van der Waals surface area contributed by atoms with Crippen LogP contribution in [0.5, 0.6) is 5.75 Å². The first-order valence-corrected chi connectivity index (χ1v) is 11.0. The maximum atomic E-state index is 12.8. The largest absolute Gasteiger partial charge is 0.494 e. The van der Waals surface area contributed by atoms with Gasteiger partial charge in [-0.05, 0) is 43.7 Å². The molecule has 0 saturated heterocycles. The summed E-state index contributed by atoms with van der Waals surface area (Å²) in [6.45, 7) is 6.04. The Balaban J connectivity index is 1.93. The van der Waals surface area contributed by atoms with Crippen LogP contribution >= 0.6 is 11.3 Å². The van der Waals surface area contributed by atoms with Crippen LogP contribution in [0.1, 0.15) is 37.0 Å². The van der Waals surface area contributed by atoms with Crippen LogP contribution in [-0.2, 0) is 11.3 Å². The lowest BCUT2D eigenvalue weighted by Crippen LogP contribution is -2.19. The minimum atomic E-state index is -0.434. The Bertz CT molecular complexity index is 1120. The van der Waals surface area contributed by atoms with E-state index in [1.807, 2.05) is 6.92 Å². The summed E-state index contributed by atoms with van der Waals surface area (Å²) in [5.41, 5.74) is 1.10. The van der Waals surface area contributed by atoms with Gasteiger partial charge < -0.3 is 14.0 Å². The summed E-state index contributed by atoms with van der Waals surface area (Å²) in [4.78, 5) is 28.3. The number of benzene rings is 2. The molecule has 0 radical (unpaired) electrons. The molecule has 0 spiro atoms. The van der Waals surface area contributed by atoms with Crippen LogP contribution in [0.2, 0.25) is 0 Å². The van der Waals surface area contributed by atoms with Crippen LogP contribution in [0, 0.1) is 10.1 Å². The Hall–Kier alpha value is -3.04. The number of non-ortho nitro benzene ring substituents is 1. The number of amides is 1. The number of fused-ring (bicyclic) bond motifs is 1. The van der Waals surface area contributed by atoms with E-state index in [4.69, 9.17) is 9.47 Å². The zero-order valence-corrected chi connectivity index (χ0v) is 18.4. The first-order chi connectivity index (χ1) is 15.0. The number of ether oxygens (including phenoxy) is 2. The highest BCUT2D eigenvalue weighted by Crippen LogP contribution is 2.23. The minimum absolute atomic E-state index is 0.00741. The van der Waals surface area contributed by atoms with Crippen LogP contribution in [0.3, 0.4) is 0 Å². The van der Waals surface area contributed by atoms with Gasteiger partial charge in [0, 0.05) is 30.8 Å². The van der Waals surface area contributed by atoms with Crippen molar-refractivity contribution in [3.8, 4) is 5.75 Å². The quantitative estimate of drug-likeness (QED) is 0.260. The fraction of sp³-hybridized carbons (Fsp3) is 0.364. The molecule has 0 unspecified atom stereocenters. The summed E-state index contributed by atoms with van der Waals surface area (Å²) >= 11 is 1.31. The highest BCUT2D eigenvalue weighted by atomic mass is 32.1. The first-order valence-electron chi connectivity index (χ1n) is 10.2. The number of aromatic nitrogens is 1. The fourth-order valence-electron chi connectivity index (χ4n) is 2.95. The van der Waals surface area contributed by atoms with Crippen molar-refractivity contribution in [2.24, 2.45) is 4.99 Å². The van der Waals surface area contributed by atoms with Crippen LogP contribution in [0.4, 0.5) is 5.69 Å². The molecule has 0 fully saturated rings. The Morgan fingerprint density at radius 3 is 2.61 bits per heavy atom. The molecule has 0 aliphatic heterocycles. The molecule has 0 N–H and O–H groups in total. The van der Waals surface area contributed by atoms with Crippen molar-refractivity contribution in [3.63, 3.8) is 0 Å². The van der Waals surface area contributed by atoms with E-state index in [9.17, 15) is 14.9 Å². The maximum Gasteiger partial charge on any atom is 0.279 e. The molecule has 3 rings (SSSR count). The molecular formula is C22H25N3O5S. The second kappa shape index (κ2) is 10.8. The third-order valence-electron chi connectivity index (χ3n) is 4.60. The lowest BCUT2D eigenvalue weighted by molar-refractivity contribution is -0.384. The number of nitrogens with zero attached hydrogens (tertiary/aromatic N) is 3. The highest BCUT2D eigenvalue weighted by molar-refractivity contribution is 7.16. The van der Waals surface area contributed by atoms with Gasteiger partial charge in [-0.1, -0.05) is 24.7 Å². The summed E-state index contributed by atoms with van der Waals surface area (Å²) in [6.07, 6.45) is 2.03. The van der Waals surface area contributed by atoms with Gasteiger partial charge in [-0.25, -0.2) is 0 Å². The standard InChI is InChI=1S/C22H25N3O5S/c1-3-5-13-30-18-9-6-16(7-10-18)21(26)23-22-24(12-14-29-4-2)19-15-17(25(27)28)8-11-20(19)31-22/h6-11,15H,3-5,12-14H2,1-2H3. The lowest BCUT2D eigenvalue weighted by Gasteiger charge is -2.06. The summed E-state index contributed by atoms with van der Waals surface area (Å²) in [5.74, 6) is 0.331. The van der Waals surface area contributed by atoms with E-state index in [1.54, 1.807) is 34.9 Å². The molecule has 164 valence electrons. The van der Waals surface area contributed by atoms with Gasteiger partial charge in [0.25, 0.3) is 11.6 Å². The SMILES string of the molecule is CCCCOc1ccc(C(=O)N=c2sc3ccc([N+](=O)[O-])cc3n2CCOCC)cc1. The van der Waals surface area contributed by atoms with Crippen LogP contribution in [0.25, 0.3) is 10.2 Å². The molecule has 0 saturated carbocycles. The number of rotatable bonds is 10. The third kappa shape index (κ3) is 5.77. The average molecular weight is 444 g/mol. The highest BCUT2D eigenvalue weighted by Gasteiger charge is 2.13. The van der Waals surface area contributed by atoms with Gasteiger partial charge >= 0.3 is 0 Å². The Morgan fingerprint density at radius 2 is 1.94 bits per heavy atom. The molecule has 31 heavy (non-hydrogen) atoms. The molecule has 0 bridgehead atoms. The molecule has 3 aromatic rings. The minimum Gasteiger partial charge on any atom is -0.494 e. The summed E-state index contributed by atoms with van der Waals surface area (Å²) in [7, 11) is 0. The molecule has 0 aliphatic carbocycles. The number of carbonyl (C=O) groups excluding carboxylic acids is 1. The number of thiazole rings is 1. The van der Waals surface area contributed by atoms with E-state index in [-0.39, 0.29) is 11.6 Å². The molecular weight excluding hydrogens is 418 g/mol. The van der Waals surface area contributed by atoms with E-state index in [1.165, 1.54) is 23.5 Å². The fourth-order valence-corrected chi connectivity index (χ4v) is 3.99. The van der Waals surface area contributed by atoms with Crippen molar-refractivity contribution < 1.29 is 19.2 Å². The molecule has 1 amide bonds. The van der Waals surface area contributed by atoms with E-state index in [2.05, 4.69) is 11.9 Å². The molecule has 2 aromatic carbocycles. The van der Waals surface area contributed by atoms with Gasteiger partial charge in [0.1, 0.15) is 5.75 Å². The second-order valence-corrected chi connectivity index (χ2v) is 7.79. The van der Waals surface area contributed by atoms with Gasteiger partial charge in [0.15, 0.2) is 4.80 Å². The Labute approximate surface area is 183 Å². The normalized spacial score (nSPS) is 11.7. The number of hydrogen-bond donors (Lipinski definition) is 0. The summed E-state index contributed by atoms with van der Waals surface area (Å²) in [5, 5.41) is 11.2. The van der Waals surface area contributed by atoms with Crippen molar-refractivity contribution in [1.29, 1.82) is 0 Å². The first kappa shape index (κ1) is 22.6. The Kier molecular flexibility index (Phi) is 7.91. The van der Waals surface area contributed by atoms with Crippen LogP contribution in [-0.4, -0.2) is 35.2 Å². The van der Waals surface area contributed by atoms with Crippen molar-refractivity contribution in [1.82, 2.24) is 4.57 Å². The predicted molar refractivity (Wildman–Crippen MR) is 120 cm³/mol. The molecule has 1 heterocycles. The predicted octanol–water partition coefficient (Wildman–Crippen LogP) is 4.57. The van der Waals surface area contributed by atoms with Gasteiger partial charge in [0.2, 0.25) is 0 Å².